The third-order valence-electron chi connectivity index (χ3n) is 5.02. The molecule has 0 amide bonds. The normalized spacial score (nSPS) is 26.2. The number of hydrogen-bond acceptors (Lipinski definition) is 2. The van der Waals surface area contributed by atoms with Crippen molar-refractivity contribution in [2.24, 2.45) is 17.3 Å². The second-order valence-corrected chi connectivity index (χ2v) is 7.47. The molecule has 3 unspecified atom stereocenters. The van der Waals surface area contributed by atoms with Gasteiger partial charge < -0.3 is 4.74 Å². The lowest BCUT2D eigenvalue weighted by atomic mass is 9.69. The molecular weight excluding hydrogens is 258 g/mol. The topological polar surface area (TPSA) is 33.0 Å². The fourth-order valence-corrected chi connectivity index (χ4v) is 3.21. The van der Waals surface area contributed by atoms with Crippen LogP contribution in [0.1, 0.15) is 51.2 Å². The summed E-state index contributed by atoms with van der Waals surface area (Å²) in [5.41, 5.74) is 2.71. The third-order valence-corrected chi connectivity index (χ3v) is 5.02. The maximum Gasteiger partial charge on any atom is 0.122 e. The van der Waals surface area contributed by atoms with Gasteiger partial charge in [0, 0.05) is 0 Å². The van der Waals surface area contributed by atoms with Crippen LogP contribution >= 0.6 is 0 Å². The molecule has 2 heteroatoms. The van der Waals surface area contributed by atoms with Crippen molar-refractivity contribution in [3.63, 3.8) is 0 Å². The van der Waals surface area contributed by atoms with E-state index in [4.69, 9.17) is 4.74 Å². The first-order valence-corrected chi connectivity index (χ1v) is 7.95. The minimum absolute atomic E-state index is 0.0171. The predicted molar refractivity (Wildman–Crippen MR) is 86.2 cm³/mol. The van der Waals surface area contributed by atoms with E-state index in [0.717, 1.165) is 25.0 Å². The molecular formula is C19H27NO. The van der Waals surface area contributed by atoms with Crippen molar-refractivity contribution >= 4 is 0 Å². The van der Waals surface area contributed by atoms with E-state index in [2.05, 4.69) is 46.8 Å². The molecule has 1 aromatic rings. The van der Waals surface area contributed by atoms with Crippen LogP contribution in [0.3, 0.4) is 0 Å². The zero-order chi connectivity index (χ0) is 15.6. The molecule has 1 aliphatic rings. The van der Waals surface area contributed by atoms with Gasteiger partial charge in [0.15, 0.2) is 0 Å². The summed E-state index contributed by atoms with van der Waals surface area (Å²) in [4.78, 5) is 0. The number of benzene rings is 1. The molecule has 3 atom stereocenters. The van der Waals surface area contributed by atoms with Crippen LogP contribution in [0, 0.1) is 42.4 Å². The van der Waals surface area contributed by atoms with Crippen LogP contribution in [0.4, 0.5) is 0 Å². The Kier molecular flexibility index (Phi) is 4.61. The highest BCUT2D eigenvalue weighted by molar-refractivity contribution is 5.38. The Morgan fingerprint density at radius 2 is 1.90 bits per heavy atom. The van der Waals surface area contributed by atoms with Gasteiger partial charge in [-0.3, -0.25) is 0 Å². The smallest absolute Gasteiger partial charge is 0.122 e. The molecule has 2 rings (SSSR count). The first-order chi connectivity index (χ1) is 9.82. The molecule has 114 valence electrons. The molecule has 2 nitrogen and oxygen atoms in total. The minimum atomic E-state index is 0.0171. The lowest BCUT2D eigenvalue weighted by molar-refractivity contribution is 0.0489. The van der Waals surface area contributed by atoms with Crippen molar-refractivity contribution in [1.29, 1.82) is 5.26 Å². The van der Waals surface area contributed by atoms with Gasteiger partial charge in [0.1, 0.15) is 11.9 Å². The fraction of sp³-hybridized carbons (Fsp3) is 0.632. The van der Waals surface area contributed by atoms with Crippen LogP contribution in [-0.2, 0) is 0 Å². The molecule has 0 spiro atoms. The van der Waals surface area contributed by atoms with Crippen molar-refractivity contribution in [3.05, 3.63) is 29.3 Å². The van der Waals surface area contributed by atoms with E-state index in [-0.39, 0.29) is 17.4 Å². The highest BCUT2D eigenvalue weighted by Crippen LogP contribution is 2.41. The average molecular weight is 285 g/mol. The molecule has 0 aliphatic heterocycles. The molecule has 1 saturated carbocycles. The standard InChI is InChI=1S/C19H27NO/c1-13-7-6-8-17(14(13)2)21-18-11-16(19(3,4)5)10-9-15(18)12-20/h6-8,15-16,18H,9-11H2,1-5H3. The highest BCUT2D eigenvalue weighted by Gasteiger charge is 2.37. The van der Waals surface area contributed by atoms with Crippen LogP contribution < -0.4 is 4.74 Å². The highest BCUT2D eigenvalue weighted by atomic mass is 16.5. The number of ether oxygens (including phenoxy) is 1. The number of aryl methyl sites for hydroxylation is 1. The van der Waals surface area contributed by atoms with E-state index >= 15 is 0 Å². The Morgan fingerprint density at radius 1 is 1.19 bits per heavy atom. The van der Waals surface area contributed by atoms with Crippen molar-refractivity contribution in [2.45, 2.75) is 60.0 Å². The summed E-state index contributed by atoms with van der Waals surface area (Å²) in [7, 11) is 0. The second kappa shape index (κ2) is 6.10. The van der Waals surface area contributed by atoms with E-state index in [0.29, 0.717) is 5.92 Å². The van der Waals surface area contributed by atoms with Crippen molar-refractivity contribution in [1.82, 2.24) is 0 Å². The van der Waals surface area contributed by atoms with E-state index in [1.807, 2.05) is 12.1 Å². The van der Waals surface area contributed by atoms with E-state index in [1.54, 1.807) is 0 Å². The average Bonchev–Trinajstić information content (AvgIpc) is 2.43. The number of hydrogen-bond donors (Lipinski definition) is 0. The van der Waals surface area contributed by atoms with Crippen LogP contribution in [0.5, 0.6) is 5.75 Å². The minimum Gasteiger partial charge on any atom is -0.489 e. The predicted octanol–water partition coefficient (Wildman–Crippen LogP) is 5.04. The summed E-state index contributed by atoms with van der Waals surface area (Å²) in [5, 5.41) is 9.42. The number of nitrogens with zero attached hydrogens (tertiary/aromatic N) is 1. The van der Waals surface area contributed by atoms with Gasteiger partial charge >= 0.3 is 0 Å². The van der Waals surface area contributed by atoms with Gasteiger partial charge in [0.2, 0.25) is 0 Å². The Morgan fingerprint density at radius 3 is 2.52 bits per heavy atom. The Bertz CT molecular complexity index is 535. The summed E-state index contributed by atoms with van der Waals surface area (Å²) in [6, 6.07) is 8.61. The van der Waals surface area contributed by atoms with Crippen molar-refractivity contribution in [3.8, 4) is 11.8 Å². The first-order valence-electron chi connectivity index (χ1n) is 7.95. The van der Waals surface area contributed by atoms with Gasteiger partial charge in [-0.05, 0) is 61.6 Å². The van der Waals surface area contributed by atoms with Crippen LogP contribution in [0.15, 0.2) is 18.2 Å². The molecule has 0 saturated heterocycles. The zero-order valence-corrected chi connectivity index (χ0v) is 13.9. The van der Waals surface area contributed by atoms with E-state index in [9.17, 15) is 5.26 Å². The van der Waals surface area contributed by atoms with Gasteiger partial charge in [-0.25, -0.2) is 0 Å². The Balaban J connectivity index is 2.19. The Labute approximate surface area is 129 Å². The maximum atomic E-state index is 9.42. The first kappa shape index (κ1) is 15.9. The summed E-state index contributed by atoms with van der Waals surface area (Å²) >= 11 is 0. The molecule has 0 N–H and O–H groups in total. The maximum absolute atomic E-state index is 9.42. The fourth-order valence-electron chi connectivity index (χ4n) is 3.21. The molecule has 0 radical (unpaired) electrons. The van der Waals surface area contributed by atoms with Gasteiger partial charge in [0.05, 0.1) is 12.0 Å². The van der Waals surface area contributed by atoms with Crippen LogP contribution in [0.25, 0.3) is 0 Å². The number of rotatable bonds is 2. The molecule has 0 bridgehead atoms. The molecule has 1 fully saturated rings. The zero-order valence-electron chi connectivity index (χ0n) is 13.9. The summed E-state index contributed by atoms with van der Waals surface area (Å²) in [5.74, 6) is 1.58. The van der Waals surface area contributed by atoms with E-state index < -0.39 is 0 Å². The molecule has 0 aromatic heterocycles. The largest absolute Gasteiger partial charge is 0.489 e. The van der Waals surface area contributed by atoms with Gasteiger partial charge in [-0.2, -0.15) is 5.26 Å². The molecule has 1 aromatic carbocycles. The molecule has 1 aliphatic carbocycles. The lowest BCUT2D eigenvalue weighted by Gasteiger charge is -2.39. The van der Waals surface area contributed by atoms with E-state index in [1.165, 1.54) is 11.1 Å². The third kappa shape index (κ3) is 3.59. The lowest BCUT2D eigenvalue weighted by Crippen LogP contribution is -2.38. The molecule has 0 heterocycles. The summed E-state index contributed by atoms with van der Waals surface area (Å²) in [6.07, 6.45) is 3.09. The van der Waals surface area contributed by atoms with Crippen LogP contribution in [-0.4, -0.2) is 6.10 Å². The number of nitriles is 1. The SMILES string of the molecule is Cc1cccc(OC2CC(C(C)(C)C)CCC2C#N)c1C. The van der Waals surface area contributed by atoms with Crippen molar-refractivity contribution < 1.29 is 4.74 Å². The second-order valence-electron chi connectivity index (χ2n) is 7.47. The summed E-state index contributed by atoms with van der Waals surface area (Å²) in [6.45, 7) is 11.1. The van der Waals surface area contributed by atoms with Crippen molar-refractivity contribution in [2.75, 3.05) is 0 Å². The van der Waals surface area contributed by atoms with Gasteiger partial charge in [0.25, 0.3) is 0 Å². The van der Waals surface area contributed by atoms with Gasteiger partial charge in [-0.15, -0.1) is 0 Å². The molecule has 21 heavy (non-hydrogen) atoms. The Hall–Kier alpha value is -1.49. The monoisotopic (exact) mass is 285 g/mol. The summed E-state index contributed by atoms with van der Waals surface area (Å²) < 4.78 is 6.27. The van der Waals surface area contributed by atoms with Crippen LogP contribution in [0.2, 0.25) is 0 Å². The van der Waals surface area contributed by atoms with Gasteiger partial charge in [-0.1, -0.05) is 32.9 Å². The quantitative estimate of drug-likeness (QED) is 0.763.